The van der Waals surface area contributed by atoms with Crippen molar-refractivity contribution in [3.63, 3.8) is 0 Å². The molecular weight excluding hydrogens is 415 g/mol. The highest BCUT2D eigenvalue weighted by atomic mass is 32.7. The number of carbonyl (C=O) groups is 1. The first-order chi connectivity index (χ1) is 15.0. The van der Waals surface area contributed by atoms with Gasteiger partial charge in [0, 0.05) is 29.0 Å². The molecule has 0 N–H and O–H groups in total. The zero-order valence-electron chi connectivity index (χ0n) is 18.3. The van der Waals surface area contributed by atoms with E-state index in [1.807, 2.05) is 0 Å². The minimum absolute atomic E-state index is 0.0941. The Morgan fingerprint density at radius 1 is 0.806 bits per heavy atom. The number of ketones is 1. The summed E-state index contributed by atoms with van der Waals surface area (Å²) in [6, 6.07) is 33.0. The zero-order chi connectivity index (χ0) is 21.5. The summed E-state index contributed by atoms with van der Waals surface area (Å²) in [5.41, 5.74) is -0.0945. The van der Waals surface area contributed by atoms with Crippen LogP contribution in [0, 0.1) is 16.7 Å². The van der Waals surface area contributed by atoms with Crippen LogP contribution in [0.25, 0.3) is 0 Å². The monoisotopic (exact) mass is 445 g/mol. The Bertz CT molecular complexity index is 967. The van der Waals surface area contributed by atoms with Crippen LogP contribution in [-0.2, 0) is 4.79 Å². The lowest BCUT2D eigenvalue weighted by atomic mass is 9.70. The number of rotatable bonds is 6. The van der Waals surface area contributed by atoms with E-state index in [-0.39, 0.29) is 10.8 Å². The Morgan fingerprint density at radius 2 is 1.26 bits per heavy atom. The first kappa shape index (κ1) is 21.0. The molecule has 2 saturated carbocycles. The molecule has 0 spiro atoms. The molecular formula is C28H30OPS+. The second kappa shape index (κ2) is 7.91. The van der Waals surface area contributed by atoms with Crippen molar-refractivity contribution in [2.45, 2.75) is 33.1 Å². The normalized spacial score (nSPS) is 24.5. The lowest BCUT2D eigenvalue weighted by molar-refractivity contribution is -0.127. The van der Waals surface area contributed by atoms with Crippen LogP contribution in [0.3, 0.4) is 0 Å². The molecule has 2 bridgehead atoms. The van der Waals surface area contributed by atoms with Crippen molar-refractivity contribution >= 4 is 39.5 Å². The van der Waals surface area contributed by atoms with Gasteiger partial charge >= 0.3 is 0 Å². The van der Waals surface area contributed by atoms with Crippen LogP contribution in [0.4, 0.5) is 0 Å². The van der Waals surface area contributed by atoms with E-state index in [0.29, 0.717) is 11.7 Å². The van der Waals surface area contributed by atoms with E-state index in [1.165, 1.54) is 22.3 Å². The van der Waals surface area contributed by atoms with E-state index >= 15 is 0 Å². The van der Waals surface area contributed by atoms with Crippen LogP contribution in [0.1, 0.15) is 33.1 Å². The summed E-state index contributed by atoms with van der Waals surface area (Å²) < 4.78 is 0. The third kappa shape index (κ3) is 3.14. The Hall–Kier alpha value is -1.89. The number of hydrogen-bond acceptors (Lipinski definition) is 2. The van der Waals surface area contributed by atoms with E-state index in [0.717, 1.165) is 18.6 Å². The second-order valence-corrected chi connectivity index (χ2v) is 15.3. The first-order valence-corrected chi connectivity index (χ1v) is 14.6. The van der Waals surface area contributed by atoms with Crippen LogP contribution < -0.4 is 15.9 Å². The third-order valence-electron chi connectivity index (χ3n) is 8.00. The predicted molar refractivity (Wildman–Crippen MR) is 136 cm³/mol. The molecule has 5 rings (SSSR count). The molecule has 2 fully saturated rings. The molecule has 2 aliphatic rings. The quantitative estimate of drug-likeness (QED) is 0.431. The zero-order valence-corrected chi connectivity index (χ0v) is 20.0. The summed E-state index contributed by atoms with van der Waals surface area (Å²) in [6.45, 7) is 2.74. The Kier molecular flexibility index (Phi) is 5.35. The summed E-state index contributed by atoms with van der Waals surface area (Å²) in [5.74, 6) is 1.97. The maximum Gasteiger partial charge on any atom is 0.170 e. The van der Waals surface area contributed by atoms with E-state index in [9.17, 15) is 4.79 Å². The van der Waals surface area contributed by atoms with Gasteiger partial charge in [0.15, 0.2) is 6.46 Å². The van der Waals surface area contributed by atoms with Crippen LogP contribution in [0.5, 0.6) is 0 Å². The topological polar surface area (TPSA) is 17.1 Å². The largest absolute Gasteiger partial charge is 0.299 e. The van der Waals surface area contributed by atoms with Gasteiger partial charge in [-0.2, -0.15) is 0 Å². The van der Waals surface area contributed by atoms with Gasteiger partial charge in [-0.1, -0.05) is 68.4 Å². The second-order valence-electron chi connectivity index (χ2n) is 9.56. The maximum atomic E-state index is 13.3. The number of carbonyl (C=O) groups excluding carboxylic acids is 1. The standard InChI is InChI=1S/C28H30OPS/c1-27(2)22-18-19-28(27,26(29)20-22)21-31-30(23-12-6-3-7-13-23,24-14-8-4-9-15-24)25-16-10-5-11-17-25/h3-17,22H,18-21H2,1-2H3/q+1/t22-,28-/m1/s1. The van der Waals surface area contributed by atoms with Crippen molar-refractivity contribution in [1.29, 1.82) is 0 Å². The van der Waals surface area contributed by atoms with Crippen LogP contribution in [-0.4, -0.2) is 11.5 Å². The molecule has 3 aromatic rings. The number of benzene rings is 3. The molecule has 158 valence electrons. The van der Waals surface area contributed by atoms with E-state index < -0.39 is 6.46 Å². The highest BCUT2D eigenvalue weighted by molar-refractivity contribution is 8.69. The Labute approximate surface area is 190 Å². The molecule has 0 unspecified atom stereocenters. The molecule has 2 atom stereocenters. The highest BCUT2D eigenvalue weighted by Crippen LogP contribution is 2.72. The highest BCUT2D eigenvalue weighted by Gasteiger charge is 2.65. The van der Waals surface area contributed by atoms with Crippen molar-refractivity contribution in [1.82, 2.24) is 0 Å². The van der Waals surface area contributed by atoms with Gasteiger partial charge in [-0.25, -0.2) is 0 Å². The number of Topliss-reactive ketones (excluding diaryl/α,β-unsaturated/α-hetero) is 1. The van der Waals surface area contributed by atoms with Gasteiger partial charge in [0.1, 0.15) is 21.7 Å². The van der Waals surface area contributed by atoms with Crippen molar-refractivity contribution in [3.8, 4) is 0 Å². The first-order valence-electron chi connectivity index (χ1n) is 11.2. The van der Waals surface area contributed by atoms with Gasteiger partial charge in [-0.3, -0.25) is 4.79 Å². The summed E-state index contributed by atoms with van der Waals surface area (Å²) in [7, 11) is 0. The molecule has 3 aromatic carbocycles. The molecule has 31 heavy (non-hydrogen) atoms. The molecule has 0 heterocycles. The van der Waals surface area contributed by atoms with E-state index in [4.69, 9.17) is 0 Å². The fourth-order valence-electron chi connectivity index (χ4n) is 5.90. The fourth-order valence-corrected chi connectivity index (χ4v) is 13.8. The summed E-state index contributed by atoms with van der Waals surface area (Å²) in [4.78, 5) is 13.3. The van der Waals surface area contributed by atoms with Crippen molar-refractivity contribution in [2.75, 3.05) is 5.75 Å². The summed E-state index contributed by atoms with van der Waals surface area (Å²) in [5, 5.41) is 4.14. The van der Waals surface area contributed by atoms with Crippen LogP contribution in [0.2, 0.25) is 0 Å². The molecule has 0 aromatic heterocycles. The van der Waals surface area contributed by atoms with E-state index in [1.54, 1.807) is 0 Å². The van der Waals surface area contributed by atoms with Crippen LogP contribution in [0.15, 0.2) is 91.0 Å². The molecule has 0 amide bonds. The van der Waals surface area contributed by atoms with Gasteiger partial charge < -0.3 is 0 Å². The fraction of sp³-hybridized carbons (Fsp3) is 0.321. The molecule has 1 nitrogen and oxygen atoms in total. The van der Waals surface area contributed by atoms with Crippen molar-refractivity contribution in [3.05, 3.63) is 91.0 Å². The predicted octanol–water partition coefficient (Wildman–Crippen LogP) is 6.02. The molecule has 0 aliphatic heterocycles. The molecule has 0 saturated heterocycles. The van der Waals surface area contributed by atoms with Gasteiger partial charge in [0.2, 0.25) is 0 Å². The smallest absolute Gasteiger partial charge is 0.170 e. The minimum atomic E-state index is -1.96. The molecule has 2 aliphatic carbocycles. The third-order valence-corrected chi connectivity index (χ3v) is 15.5. The van der Waals surface area contributed by atoms with Gasteiger partial charge in [0.25, 0.3) is 0 Å². The Balaban J connectivity index is 1.67. The van der Waals surface area contributed by atoms with Crippen LogP contribution >= 0.6 is 17.8 Å². The minimum Gasteiger partial charge on any atom is -0.299 e. The van der Waals surface area contributed by atoms with E-state index in [2.05, 4.69) is 116 Å². The van der Waals surface area contributed by atoms with Gasteiger partial charge in [-0.15, -0.1) is 0 Å². The van der Waals surface area contributed by atoms with Crippen molar-refractivity contribution in [2.24, 2.45) is 16.7 Å². The maximum absolute atomic E-state index is 13.3. The SMILES string of the molecule is CC1(C)[C@@H]2CC[C@@]1(CS[P+](c1ccccc1)(c1ccccc1)c1ccccc1)C(=O)C2. The average molecular weight is 446 g/mol. The van der Waals surface area contributed by atoms with Crippen molar-refractivity contribution < 1.29 is 4.79 Å². The summed E-state index contributed by atoms with van der Waals surface area (Å²) in [6.07, 6.45) is 3.03. The lowest BCUT2D eigenvalue weighted by Gasteiger charge is -2.37. The lowest BCUT2D eigenvalue weighted by Crippen LogP contribution is -2.39. The number of fused-ring (bicyclic) bond motifs is 2. The Morgan fingerprint density at radius 3 is 1.61 bits per heavy atom. The molecule has 0 radical (unpaired) electrons. The van der Waals surface area contributed by atoms with Gasteiger partial charge in [0.05, 0.1) is 0 Å². The van der Waals surface area contributed by atoms with Gasteiger partial charge in [-0.05, 0) is 60.6 Å². The average Bonchev–Trinajstić information content (AvgIpc) is 3.17. The number of hydrogen-bond donors (Lipinski definition) is 0. The summed E-state index contributed by atoms with van der Waals surface area (Å²) >= 11 is 2.07. The molecule has 3 heteroatoms.